The molecule has 0 saturated carbocycles. The van der Waals surface area contributed by atoms with Gasteiger partial charge in [-0.25, -0.2) is 4.79 Å². The van der Waals surface area contributed by atoms with Crippen molar-refractivity contribution in [3.8, 4) is 11.3 Å². The molecule has 1 aromatic heterocycles. The Kier molecular flexibility index (Phi) is 4.04. The van der Waals surface area contributed by atoms with Crippen LogP contribution in [0.4, 0.5) is 0 Å². The lowest BCUT2D eigenvalue weighted by atomic mass is 10.1. The van der Waals surface area contributed by atoms with Gasteiger partial charge in [-0.05, 0) is 41.1 Å². The van der Waals surface area contributed by atoms with Crippen molar-refractivity contribution in [1.29, 1.82) is 0 Å². The van der Waals surface area contributed by atoms with E-state index in [1.165, 1.54) is 0 Å². The number of hydrogen-bond donors (Lipinski definition) is 1. The first kappa shape index (κ1) is 13.1. The highest BCUT2D eigenvalue weighted by Gasteiger charge is 2.12. The SMILES string of the molecule is CCOC(=O)c1cc(-c2ccc(Br)c(Cl)c2)n[nH]1. The Morgan fingerprint density at radius 1 is 1.50 bits per heavy atom. The molecule has 2 rings (SSSR count). The smallest absolute Gasteiger partial charge is 0.356 e. The van der Waals surface area contributed by atoms with Crippen molar-refractivity contribution in [3.63, 3.8) is 0 Å². The fourth-order valence-corrected chi connectivity index (χ4v) is 1.87. The fraction of sp³-hybridized carbons (Fsp3) is 0.167. The van der Waals surface area contributed by atoms with E-state index in [9.17, 15) is 4.79 Å². The maximum Gasteiger partial charge on any atom is 0.356 e. The summed E-state index contributed by atoms with van der Waals surface area (Å²) in [7, 11) is 0. The lowest BCUT2D eigenvalue weighted by molar-refractivity contribution is 0.0519. The third-order valence-corrected chi connectivity index (χ3v) is 3.52. The van der Waals surface area contributed by atoms with Crippen molar-refractivity contribution < 1.29 is 9.53 Å². The van der Waals surface area contributed by atoms with Crippen LogP contribution >= 0.6 is 27.5 Å². The Hall–Kier alpha value is -1.33. The zero-order chi connectivity index (χ0) is 13.1. The summed E-state index contributed by atoms with van der Waals surface area (Å²) >= 11 is 9.32. The number of benzene rings is 1. The lowest BCUT2D eigenvalue weighted by Crippen LogP contribution is -2.04. The fourth-order valence-electron chi connectivity index (χ4n) is 1.44. The molecule has 0 saturated heterocycles. The minimum Gasteiger partial charge on any atom is -0.461 e. The maximum atomic E-state index is 11.5. The Morgan fingerprint density at radius 2 is 2.28 bits per heavy atom. The second kappa shape index (κ2) is 5.54. The molecule has 6 heteroatoms. The summed E-state index contributed by atoms with van der Waals surface area (Å²) in [6.07, 6.45) is 0. The van der Waals surface area contributed by atoms with Crippen molar-refractivity contribution in [2.24, 2.45) is 0 Å². The molecular formula is C12H10BrClN2O2. The second-order valence-electron chi connectivity index (χ2n) is 3.52. The van der Waals surface area contributed by atoms with E-state index in [1.807, 2.05) is 12.1 Å². The highest BCUT2D eigenvalue weighted by atomic mass is 79.9. The van der Waals surface area contributed by atoms with Gasteiger partial charge in [0.1, 0.15) is 5.69 Å². The van der Waals surface area contributed by atoms with E-state index in [0.29, 0.717) is 23.0 Å². The van der Waals surface area contributed by atoms with Gasteiger partial charge in [0.25, 0.3) is 0 Å². The molecule has 0 spiro atoms. The molecule has 0 fully saturated rings. The average molecular weight is 330 g/mol. The number of aromatic amines is 1. The van der Waals surface area contributed by atoms with Crippen molar-refractivity contribution >= 4 is 33.5 Å². The molecule has 0 aliphatic rings. The van der Waals surface area contributed by atoms with E-state index in [-0.39, 0.29) is 0 Å². The van der Waals surface area contributed by atoms with Crippen LogP contribution in [0.15, 0.2) is 28.7 Å². The highest BCUT2D eigenvalue weighted by Crippen LogP contribution is 2.28. The molecule has 0 radical (unpaired) electrons. The molecule has 1 heterocycles. The molecule has 0 aliphatic heterocycles. The molecule has 1 N–H and O–H groups in total. The van der Waals surface area contributed by atoms with Crippen LogP contribution in [0, 0.1) is 0 Å². The summed E-state index contributed by atoms with van der Waals surface area (Å²) in [4.78, 5) is 11.5. The summed E-state index contributed by atoms with van der Waals surface area (Å²) < 4.78 is 5.69. The van der Waals surface area contributed by atoms with Crippen molar-refractivity contribution in [3.05, 3.63) is 39.5 Å². The van der Waals surface area contributed by atoms with Crippen LogP contribution in [-0.2, 0) is 4.74 Å². The van der Waals surface area contributed by atoms with Gasteiger partial charge in [0.15, 0.2) is 0 Å². The van der Waals surface area contributed by atoms with Gasteiger partial charge in [0, 0.05) is 10.0 Å². The molecule has 2 aromatic rings. The largest absolute Gasteiger partial charge is 0.461 e. The van der Waals surface area contributed by atoms with Crippen LogP contribution in [0.3, 0.4) is 0 Å². The second-order valence-corrected chi connectivity index (χ2v) is 4.78. The lowest BCUT2D eigenvalue weighted by Gasteiger charge is -1.99. The summed E-state index contributed by atoms with van der Waals surface area (Å²) in [6.45, 7) is 2.08. The van der Waals surface area contributed by atoms with Gasteiger partial charge in [0.2, 0.25) is 0 Å². The minimum atomic E-state index is -0.417. The van der Waals surface area contributed by atoms with E-state index in [4.69, 9.17) is 16.3 Å². The molecule has 4 nitrogen and oxygen atoms in total. The Labute approximate surface area is 117 Å². The molecule has 0 bridgehead atoms. The van der Waals surface area contributed by atoms with E-state index < -0.39 is 5.97 Å². The first-order chi connectivity index (χ1) is 8.61. The standard InChI is InChI=1S/C12H10BrClN2O2/c1-2-18-12(17)11-6-10(15-16-11)7-3-4-8(13)9(14)5-7/h3-6H,2H2,1H3,(H,15,16). The topological polar surface area (TPSA) is 55.0 Å². The first-order valence-electron chi connectivity index (χ1n) is 5.29. The number of H-pyrrole nitrogens is 1. The summed E-state index contributed by atoms with van der Waals surface area (Å²) in [5.41, 5.74) is 1.80. The Bertz CT molecular complexity index is 583. The van der Waals surface area contributed by atoms with Crippen LogP contribution in [0.2, 0.25) is 5.02 Å². The number of nitrogens with one attached hydrogen (secondary N) is 1. The zero-order valence-corrected chi connectivity index (χ0v) is 11.9. The van der Waals surface area contributed by atoms with Gasteiger partial charge in [-0.3, -0.25) is 5.10 Å². The number of carbonyl (C=O) groups excluding carboxylic acids is 1. The number of ether oxygens (including phenoxy) is 1. The summed E-state index contributed by atoms with van der Waals surface area (Å²) in [5.74, 6) is -0.417. The Morgan fingerprint density at radius 3 is 2.94 bits per heavy atom. The third-order valence-electron chi connectivity index (χ3n) is 2.29. The third kappa shape index (κ3) is 2.73. The van der Waals surface area contributed by atoms with Crippen LogP contribution < -0.4 is 0 Å². The highest BCUT2D eigenvalue weighted by molar-refractivity contribution is 9.10. The number of esters is 1. The number of hydrogen-bond acceptors (Lipinski definition) is 3. The molecule has 0 atom stereocenters. The van der Waals surface area contributed by atoms with Gasteiger partial charge in [-0.2, -0.15) is 5.10 Å². The van der Waals surface area contributed by atoms with Crippen LogP contribution in [0.5, 0.6) is 0 Å². The van der Waals surface area contributed by atoms with Crippen molar-refractivity contribution in [1.82, 2.24) is 10.2 Å². The van der Waals surface area contributed by atoms with Crippen molar-refractivity contribution in [2.45, 2.75) is 6.92 Å². The maximum absolute atomic E-state index is 11.5. The quantitative estimate of drug-likeness (QED) is 0.874. The van der Waals surface area contributed by atoms with Crippen LogP contribution in [0.1, 0.15) is 17.4 Å². The van der Waals surface area contributed by atoms with Crippen molar-refractivity contribution in [2.75, 3.05) is 6.61 Å². The average Bonchev–Trinajstić information content (AvgIpc) is 2.82. The molecule has 0 unspecified atom stereocenters. The molecular weight excluding hydrogens is 320 g/mol. The minimum absolute atomic E-state index is 0.325. The van der Waals surface area contributed by atoms with Gasteiger partial charge < -0.3 is 4.74 Å². The number of rotatable bonds is 3. The molecule has 94 valence electrons. The Balaban J connectivity index is 2.29. The van der Waals surface area contributed by atoms with Crippen LogP contribution in [-0.4, -0.2) is 22.8 Å². The summed E-state index contributed by atoms with van der Waals surface area (Å²) in [6, 6.07) is 7.10. The van der Waals surface area contributed by atoms with Crippen LogP contribution in [0.25, 0.3) is 11.3 Å². The monoisotopic (exact) mass is 328 g/mol. The predicted octanol–water partition coefficient (Wildman–Crippen LogP) is 3.67. The molecule has 0 aliphatic carbocycles. The number of carbonyl (C=O) groups is 1. The summed E-state index contributed by atoms with van der Waals surface area (Å²) in [5, 5.41) is 7.30. The van der Waals surface area contributed by atoms with E-state index in [2.05, 4.69) is 26.1 Å². The molecule has 18 heavy (non-hydrogen) atoms. The van der Waals surface area contributed by atoms with Gasteiger partial charge >= 0.3 is 5.97 Å². The normalized spacial score (nSPS) is 10.4. The number of halogens is 2. The van der Waals surface area contributed by atoms with E-state index >= 15 is 0 Å². The zero-order valence-electron chi connectivity index (χ0n) is 9.54. The first-order valence-corrected chi connectivity index (χ1v) is 6.47. The predicted molar refractivity (Wildman–Crippen MR) is 72.7 cm³/mol. The molecule has 0 amide bonds. The number of aromatic nitrogens is 2. The molecule has 1 aromatic carbocycles. The van der Waals surface area contributed by atoms with E-state index in [0.717, 1.165) is 10.0 Å². The van der Waals surface area contributed by atoms with Gasteiger partial charge in [-0.15, -0.1) is 0 Å². The van der Waals surface area contributed by atoms with E-state index in [1.54, 1.807) is 19.1 Å². The van der Waals surface area contributed by atoms with Gasteiger partial charge in [0.05, 0.1) is 17.3 Å². The number of nitrogens with zero attached hydrogens (tertiary/aromatic N) is 1. The van der Waals surface area contributed by atoms with Gasteiger partial charge in [-0.1, -0.05) is 17.7 Å².